The average Bonchev–Trinajstić information content (AvgIpc) is 3.01. The molecule has 0 aliphatic carbocycles. The lowest BCUT2D eigenvalue weighted by molar-refractivity contribution is -0.282. The molecule has 5 atom stereocenters. The van der Waals surface area contributed by atoms with Crippen molar-refractivity contribution in [3.8, 4) is 23.0 Å². The minimum absolute atomic E-state index is 0.0508. The SMILES string of the molecule is CC(=O)O[C@H]1[C@H](Oc2ccc(C(=O)C=Cc3ccc(O)cc3)c(O)c2O)O[C@H](COC(=O)C=Cc2ccccc2)[C@@H](O)[C@@H]1O. The van der Waals surface area contributed by atoms with Crippen molar-refractivity contribution < 1.29 is 58.9 Å². The standard InChI is InChI=1S/C32H30O12/c1-18(33)42-31-30(40)29(39)25(17-41-26(36)16-10-19-5-3-2-4-6-19)44-32(31)43-24-15-13-22(27(37)28(24)38)23(35)14-9-20-7-11-21(34)12-8-20/h2-16,25,29-32,34,37-40H,17H2,1H3/t25-,29-,30+,31-,32-/m1/s1. The van der Waals surface area contributed by atoms with Gasteiger partial charge in [0, 0.05) is 13.0 Å². The van der Waals surface area contributed by atoms with Crippen LogP contribution in [0.1, 0.15) is 28.4 Å². The van der Waals surface area contributed by atoms with Crippen molar-refractivity contribution in [3.63, 3.8) is 0 Å². The molecule has 4 rings (SSSR count). The number of allylic oxidation sites excluding steroid dienone is 1. The largest absolute Gasteiger partial charge is 0.508 e. The van der Waals surface area contributed by atoms with E-state index in [0.717, 1.165) is 24.6 Å². The Bertz CT molecular complexity index is 1530. The van der Waals surface area contributed by atoms with E-state index in [1.54, 1.807) is 36.4 Å². The van der Waals surface area contributed by atoms with Crippen molar-refractivity contribution in [1.82, 2.24) is 0 Å². The van der Waals surface area contributed by atoms with E-state index in [4.69, 9.17) is 18.9 Å². The van der Waals surface area contributed by atoms with Crippen LogP contribution in [0.4, 0.5) is 0 Å². The Morgan fingerprint density at radius 3 is 2.16 bits per heavy atom. The molecule has 1 heterocycles. The zero-order valence-corrected chi connectivity index (χ0v) is 23.3. The van der Waals surface area contributed by atoms with E-state index < -0.39 is 72.3 Å². The highest BCUT2D eigenvalue weighted by Crippen LogP contribution is 2.40. The molecule has 0 spiro atoms. The number of ketones is 1. The van der Waals surface area contributed by atoms with Gasteiger partial charge in [0.2, 0.25) is 12.0 Å². The molecule has 0 bridgehead atoms. The maximum absolute atomic E-state index is 12.7. The zero-order chi connectivity index (χ0) is 31.8. The summed E-state index contributed by atoms with van der Waals surface area (Å²) in [6.07, 6.45) is -2.75. The number of carbonyl (C=O) groups is 3. The zero-order valence-electron chi connectivity index (χ0n) is 23.3. The van der Waals surface area contributed by atoms with E-state index >= 15 is 0 Å². The highest BCUT2D eigenvalue weighted by molar-refractivity contribution is 6.09. The molecule has 230 valence electrons. The van der Waals surface area contributed by atoms with Gasteiger partial charge in [0.1, 0.15) is 30.7 Å². The van der Waals surface area contributed by atoms with Crippen LogP contribution in [0.3, 0.4) is 0 Å². The Balaban J connectivity index is 1.48. The van der Waals surface area contributed by atoms with Crippen molar-refractivity contribution in [2.24, 2.45) is 0 Å². The molecule has 0 unspecified atom stereocenters. The van der Waals surface area contributed by atoms with Gasteiger partial charge in [-0.15, -0.1) is 0 Å². The van der Waals surface area contributed by atoms with Crippen molar-refractivity contribution in [3.05, 3.63) is 95.6 Å². The number of phenols is 3. The van der Waals surface area contributed by atoms with Crippen molar-refractivity contribution in [2.75, 3.05) is 6.61 Å². The fourth-order valence-electron chi connectivity index (χ4n) is 4.22. The van der Waals surface area contributed by atoms with Gasteiger partial charge in [-0.1, -0.05) is 48.5 Å². The molecule has 1 fully saturated rings. The number of aliphatic hydroxyl groups excluding tert-OH is 2. The first kappa shape index (κ1) is 31.8. The van der Waals surface area contributed by atoms with Gasteiger partial charge in [0.05, 0.1) is 5.56 Å². The van der Waals surface area contributed by atoms with E-state index in [9.17, 15) is 39.9 Å². The molecule has 1 saturated heterocycles. The first-order valence-electron chi connectivity index (χ1n) is 13.3. The van der Waals surface area contributed by atoms with E-state index in [-0.39, 0.29) is 11.3 Å². The monoisotopic (exact) mass is 606 g/mol. The minimum atomic E-state index is -1.76. The van der Waals surface area contributed by atoms with E-state index in [1.807, 2.05) is 6.07 Å². The first-order valence-corrected chi connectivity index (χ1v) is 13.3. The van der Waals surface area contributed by atoms with Crippen molar-refractivity contribution in [2.45, 2.75) is 37.6 Å². The van der Waals surface area contributed by atoms with Crippen LogP contribution in [0.2, 0.25) is 0 Å². The van der Waals surface area contributed by atoms with Crippen molar-refractivity contribution >= 4 is 29.9 Å². The van der Waals surface area contributed by atoms with Crippen LogP contribution in [0.5, 0.6) is 23.0 Å². The summed E-state index contributed by atoms with van der Waals surface area (Å²) in [4.78, 5) is 36.6. The molecule has 3 aromatic rings. The molecule has 1 aliphatic rings. The highest BCUT2D eigenvalue weighted by Gasteiger charge is 2.48. The lowest BCUT2D eigenvalue weighted by Crippen LogP contribution is -2.61. The fourth-order valence-corrected chi connectivity index (χ4v) is 4.22. The molecule has 0 radical (unpaired) electrons. The third kappa shape index (κ3) is 8.01. The highest BCUT2D eigenvalue weighted by atomic mass is 16.7. The summed E-state index contributed by atoms with van der Waals surface area (Å²) in [7, 11) is 0. The smallest absolute Gasteiger partial charge is 0.330 e. The van der Waals surface area contributed by atoms with Crippen LogP contribution in [0.25, 0.3) is 12.2 Å². The number of phenolic OH excluding ortho intramolecular Hbond substituents is 3. The number of rotatable bonds is 10. The number of esters is 2. The number of aromatic hydroxyl groups is 3. The summed E-state index contributed by atoms with van der Waals surface area (Å²) in [5.74, 6) is -4.30. The fraction of sp³-hybridized carbons (Fsp3) is 0.219. The molecule has 44 heavy (non-hydrogen) atoms. The van der Waals surface area contributed by atoms with Crippen molar-refractivity contribution in [1.29, 1.82) is 0 Å². The maximum Gasteiger partial charge on any atom is 0.330 e. The van der Waals surface area contributed by atoms with Gasteiger partial charge < -0.3 is 44.5 Å². The van der Waals surface area contributed by atoms with Crippen LogP contribution in [-0.2, 0) is 23.8 Å². The molecular weight excluding hydrogens is 576 g/mol. The summed E-state index contributed by atoms with van der Waals surface area (Å²) in [5.41, 5.74) is 1.07. The van der Waals surface area contributed by atoms with E-state index in [0.29, 0.717) is 5.56 Å². The first-order chi connectivity index (χ1) is 21.0. The van der Waals surface area contributed by atoms with Gasteiger partial charge in [-0.25, -0.2) is 4.79 Å². The second-order valence-corrected chi connectivity index (χ2v) is 9.69. The van der Waals surface area contributed by atoms with Gasteiger partial charge >= 0.3 is 11.9 Å². The molecule has 12 heteroatoms. The number of ether oxygens (including phenoxy) is 4. The molecule has 12 nitrogen and oxygen atoms in total. The predicted octanol–water partition coefficient (Wildman–Crippen LogP) is 2.71. The Kier molecular flexibility index (Phi) is 10.3. The van der Waals surface area contributed by atoms with Gasteiger partial charge in [0.15, 0.2) is 23.4 Å². The van der Waals surface area contributed by atoms with Crippen LogP contribution in [0.15, 0.2) is 78.9 Å². The summed E-state index contributed by atoms with van der Waals surface area (Å²) in [5, 5.41) is 51.9. The molecule has 5 N–H and O–H groups in total. The molecule has 3 aromatic carbocycles. The minimum Gasteiger partial charge on any atom is -0.508 e. The average molecular weight is 607 g/mol. The number of hydrogen-bond acceptors (Lipinski definition) is 12. The second kappa shape index (κ2) is 14.3. The van der Waals surface area contributed by atoms with Crippen LogP contribution >= 0.6 is 0 Å². The normalized spacial score (nSPS) is 21.7. The lowest BCUT2D eigenvalue weighted by Gasteiger charge is -2.41. The van der Waals surface area contributed by atoms with Gasteiger partial charge in [-0.3, -0.25) is 9.59 Å². The van der Waals surface area contributed by atoms with Gasteiger partial charge in [-0.05, 0) is 47.5 Å². The van der Waals surface area contributed by atoms with Gasteiger partial charge in [0.25, 0.3) is 0 Å². The molecular formula is C32H30O12. The number of benzene rings is 3. The Morgan fingerprint density at radius 2 is 1.48 bits per heavy atom. The van der Waals surface area contributed by atoms with Crippen LogP contribution in [0, 0.1) is 0 Å². The molecule has 0 amide bonds. The topological polar surface area (TPSA) is 189 Å². The number of aliphatic hydroxyl groups is 2. The summed E-state index contributed by atoms with van der Waals surface area (Å²) in [6, 6.07) is 17.3. The second-order valence-electron chi connectivity index (χ2n) is 9.69. The molecule has 0 aromatic heterocycles. The molecule has 0 saturated carbocycles. The maximum atomic E-state index is 12.7. The number of carbonyl (C=O) groups excluding carboxylic acids is 3. The lowest BCUT2D eigenvalue weighted by atomic mass is 9.99. The summed E-state index contributed by atoms with van der Waals surface area (Å²) >= 11 is 0. The van der Waals surface area contributed by atoms with E-state index in [1.165, 1.54) is 36.4 Å². The number of hydrogen-bond donors (Lipinski definition) is 5. The summed E-state index contributed by atoms with van der Waals surface area (Å²) in [6.45, 7) is 0.527. The summed E-state index contributed by atoms with van der Waals surface area (Å²) < 4.78 is 21.5. The van der Waals surface area contributed by atoms with E-state index in [2.05, 4.69) is 0 Å². The van der Waals surface area contributed by atoms with Crippen LogP contribution < -0.4 is 4.74 Å². The third-order valence-corrected chi connectivity index (χ3v) is 6.49. The Labute approximate surface area is 251 Å². The molecule has 1 aliphatic heterocycles. The van der Waals surface area contributed by atoms with Gasteiger partial charge in [-0.2, -0.15) is 0 Å². The predicted molar refractivity (Wildman–Crippen MR) is 155 cm³/mol. The van der Waals surface area contributed by atoms with Crippen LogP contribution in [-0.4, -0.2) is 80.6 Å². The quantitative estimate of drug-likeness (QED) is 0.0984. The third-order valence-electron chi connectivity index (χ3n) is 6.49. The Morgan fingerprint density at radius 1 is 0.818 bits per heavy atom. The Hall–Kier alpha value is -5.17.